The SMILES string of the molecule is CCCCCCCCS(=O)CCCCCCCCC(=O)OC. The Morgan fingerprint density at radius 1 is 0.773 bits per heavy atom. The van der Waals surface area contributed by atoms with E-state index in [1.807, 2.05) is 0 Å². The zero-order chi connectivity index (χ0) is 16.5. The van der Waals surface area contributed by atoms with Crippen LogP contribution in [0.25, 0.3) is 0 Å². The van der Waals surface area contributed by atoms with Crippen molar-refractivity contribution in [3.8, 4) is 0 Å². The molecular weight excluding hydrogens is 296 g/mol. The molecule has 0 amide bonds. The smallest absolute Gasteiger partial charge is 0.305 e. The molecule has 0 aromatic rings. The summed E-state index contributed by atoms with van der Waals surface area (Å²) in [5.74, 6) is 1.66. The van der Waals surface area contributed by atoms with E-state index in [1.165, 1.54) is 58.5 Å². The molecule has 0 aromatic carbocycles. The van der Waals surface area contributed by atoms with Crippen molar-refractivity contribution >= 4 is 16.8 Å². The Morgan fingerprint density at radius 3 is 1.73 bits per heavy atom. The second-order valence-electron chi connectivity index (χ2n) is 6.06. The lowest BCUT2D eigenvalue weighted by atomic mass is 10.1. The summed E-state index contributed by atoms with van der Waals surface area (Å²) >= 11 is 0. The predicted molar refractivity (Wildman–Crippen MR) is 95.6 cm³/mol. The Balaban J connectivity index is 3.20. The van der Waals surface area contributed by atoms with Crippen LogP contribution in [0, 0.1) is 0 Å². The molecule has 0 bridgehead atoms. The van der Waals surface area contributed by atoms with Gasteiger partial charge in [-0.2, -0.15) is 0 Å². The number of hydrogen-bond donors (Lipinski definition) is 0. The predicted octanol–water partition coefficient (Wildman–Crippen LogP) is 5.00. The van der Waals surface area contributed by atoms with Crippen LogP contribution in [-0.2, 0) is 20.3 Å². The average Bonchev–Trinajstić information content (AvgIpc) is 2.52. The third-order valence-electron chi connectivity index (χ3n) is 3.96. The molecule has 0 radical (unpaired) electrons. The van der Waals surface area contributed by atoms with Gasteiger partial charge in [-0.25, -0.2) is 0 Å². The van der Waals surface area contributed by atoms with E-state index in [9.17, 15) is 9.00 Å². The van der Waals surface area contributed by atoms with Crippen LogP contribution in [0.15, 0.2) is 0 Å². The van der Waals surface area contributed by atoms with Gasteiger partial charge in [-0.05, 0) is 19.3 Å². The summed E-state index contributed by atoms with van der Waals surface area (Å²) in [6.45, 7) is 2.23. The van der Waals surface area contributed by atoms with Crippen molar-refractivity contribution < 1.29 is 13.7 Å². The fraction of sp³-hybridized carbons (Fsp3) is 0.944. The molecule has 0 aliphatic carbocycles. The first-order chi connectivity index (χ1) is 10.7. The molecule has 132 valence electrons. The van der Waals surface area contributed by atoms with Crippen molar-refractivity contribution in [3.05, 3.63) is 0 Å². The minimum Gasteiger partial charge on any atom is -0.469 e. The van der Waals surface area contributed by atoms with E-state index in [0.717, 1.165) is 37.2 Å². The van der Waals surface area contributed by atoms with Crippen LogP contribution in [0.3, 0.4) is 0 Å². The van der Waals surface area contributed by atoms with Crippen molar-refractivity contribution in [1.82, 2.24) is 0 Å². The highest BCUT2D eigenvalue weighted by Crippen LogP contribution is 2.09. The number of methoxy groups -OCH3 is 1. The van der Waals surface area contributed by atoms with Crippen LogP contribution in [-0.4, -0.2) is 28.8 Å². The van der Waals surface area contributed by atoms with E-state index >= 15 is 0 Å². The normalized spacial score (nSPS) is 12.3. The van der Waals surface area contributed by atoms with E-state index in [1.54, 1.807) is 0 Å². The molecule has 0 fully saturated rings. The van der Waals surface area contributed by atoms with E-state index in [-0.39, 0.29) is 5.97 Å². The lowest BCUT2D eigenvalue weighted by Gasteiger charge is -2.04. The van der Waals surface area contributed by atoms with Crippen LogP contribution in [0.5, 0.6) is 0 Å². The second kappa shape index (κ2) is 17.0. The lowest BCUT2D eigenvalue weighted by molar-refractivity contribution is -0.140. The van der Waals surface area contributed by atoms with Crippen molar-refractivity contribution in [2.45, 2.75) is 90.4 Å². The number of carbonyl (C=O) groups is 1. The molecule has 0 saturated carbocycles. The summed E-state index contributed by atoms with van der Waals surface area (Å²) in [5, 5.41) is 0. The molecule has 0 N–H and O–H groups in total. The van der Waals surface area contributed by atoms with Gasteiger partial charge in [-0.15, -0.1) is 0 Å². The van der Waals surface area contributed by atoms with Crippen LogP contribution in [0.1, 0.15) is 90.4 Å². The molecular formula is C18H36O3S. The molecule has 0 aliphatic rings. The summed E-state index contributed by atoms with van der Waals surface area (Å²) in [5.41, 5.74) is 0. The van der Waals surface area contributed by atoms with Crippen LogP contribution in [0.2, 0.25) is 0 Å². The van der Waals surface area contributed by atoms with Crippen LogP contribution < -0.4 is 0 Å². The van der Waals surface area contributed by atoms with Gasteiger partial charge in [0.2, 0.25) is 0 Å². The summed E-state index contributed by atoms with van der Waals surface area (Å²) < 4.78 is 16.4. The first-order valence-electron chi connectivity index (χ1n) is 9.12. The first-order valence-corrected chi connectivity index (χ1v) is 10.6. The summed E-state index contributed by atoms with van der Waals surface area (Å²) in [6, 6.07) is 0. The van der Waals surface area contributed by atoms with Gasteiger partial charge in [0.15, 0.2) is 0 Å². The van der Waals surface area contributed by atoms with Gasteiger partial charge in [0.25, 0.3) is 0 Å². The molecule has 0 spiro atoms. The molecule has 0 rings (SSSR count). The molecule has 0 aliphatic heterocycles. The molecule has 1 unspecified atom stereocenters. The number of hydrogen-bond acceptors (Lipinski definition) is 3. The zero-order valence-corrected chi connectivity index (χ0v) is 15.6. The molecule has 0 aromatic heterocycles. The van der Waals surface area contributed by atoms with Gasteiger partial charge >= 0.3 is 5.97 Å². The topological polar surface area (TPSA) is 43.4 Å². The summed E-state index contributed by atoms with van der Waals surface area (Å²) in [7, 11) is 0.833. The Bertz CT molecular complexity index is 280. The first kappa shape index (κ1) is 21.6. The molecule has 0 saturated heterocycles. The summed E-state index contributed by atoms with van der Waals surface area (Å²) in [4.78, 5) is 10.9. The third-order valence-corrected chi connectivity index (χ3v) is 5.44. The van der Waals surface area contributed by atoms with Gasteiger partial charge in [0.05, 0.1) is 7.11 Å². The van der Waals surface area contributed by atoms with Gasteiger partial charge < -0.3 is 4.74 Å². The van der Waals surface area contributed by atoms with Crippen LogP contribution in [0.4, 0.5) is 0 Å². The van der Waals surface area contributed by atoms with Crippen LogP contribution >= 0.6 is 0 Å². The highest BCUT2D eigenvalue weighted by Gasteiger charge is 2.01. The molecule has 1 atom stereocenters. The number of unbranched alkanes of at least 4 members (excludes halogenated alkanes) is 10. The number of carbonyl (C=O) groups excluding carboxylic acids is 1. The fourth-order valence-corrected chi connectivity index (χ4v) is 3.74. The molecule has 0 heterocycles. The Kier molecular flexibility index (Phi) is 16.7. The van der Waals surface area contributed by atoms with Crippen molar-refractivity contribution in [1.29, 1.82) is 0 Å². The Hall–Kier alpha value is -0.380. The van der Waals surface area contributed by atoms with Crippen molar-refractivity contribution in [2.75, 3.05) is 18.6 Å². The monoisotopic (exact) mass is 332 g/mol. The quantitative estimate of drug-likeness (QED) is 0.295. The highest BCUT2D eigenvalue weighted by molar-refractivity contribution is 7.84. The van der Waals surface area contributed by atoms with E-state index < -0.39 is 10.8 Å². The van der Waals surface area contributed by atoms with E-state index in [2.05, 4.69) is 11.7 Å². The van der Waals surface area contributed by atoms with Gasteiger partial charge in [-0.3, -0.25) is 9.00 Å². The number of ether oxygens (including phenoxy) is 1. The number of rotatable bonds is 16. The largest absolute Gasteiger partial charge is 0.469 e. The van der Waals surface area contributed by atoms with Crippen molar-refractivity contribution in [3.63, 3.8) is 0 Å². The lowest BCUT2D eigenvalue weighted by Crippen LogP contribution is -2.03. The van der Waals surface area contributed by atoms with E-state index in [4.69, 9.17) is 0 Å². The Labute approximate surface area is 140 Å². The number of esters is 1. The summed E-state index contributed by atoms with van der Waals surface area (Å²) in [6.07, 6.45) is 14.8. The van der Waals surface area contributed by atoms with Gasteiger partial charge in [-0.1, -0.05) is 64.7 Å². The standard InChI is InChI=1S/C18H36O3S/c1-3-4-5-6-10-13-16-22(20)17-14-11-8-7-9-12-15-18(19)21-2/h3-17H2,1-2H3. The zero-order valence-electron chi connectivity index (χ0n) is 14.7. The minimum atomic E-state index is -0.605. The van der Waals surface area contributed by atoms with Crippen molar-refractivity contribution in [2.24, 2.45) is 0 Å². The maximum Gasteiger partial charge on any atom is 0.305 e. The highest BCUT2D eigenvalue weighted by atomic mass is 32.2. The third kappa shape index (κ3) is 16.0. The van der Waals surface area contributed by atoms with Gasteiger partial charge in [0, 0.05) is 28.7 Å². The average molecular weight is 333 g/mol. The maximum absolute atomic E-state index is 11.8. The van der Waals surface area contributed by atoms with Gasteiger partial charge in [0.1, 0.15) is 0 Å². The molecule has 22 heavy (non-hydrogen) atoms. The Morgan fingerprint density at radius 2 is 1.23 bits per heavy atom. The van der Waals surface area contributed by atoms with E-state index in [0.29, 0.717) is 6.42 Å². The second-order valence-corrected chi connectivity index (χ2v) is 7.76. The maximum atomic E-state index is 11.8. The fourth-order valence-electron chi connectivity index (χ4n) is 2.49. The minimum absolute atomic E-state index is 0.106. The molecule has 4 heteroatoms. The molecule has 3 nitrogen and oxygen atoms in total.